The number of hydrogen-bond acceptors (Lipinski definition) is 4. The van der Waals surface area contributed by atoms with E-state index in [0.29, 0.717) is 12.1 Å². The van der Waals surface area contributed by atoms with E-state index in [1.807, 2.05) is 18.4 Å². The van der Waals surface area contributed by atoms with Crippen molar-refractivity contribution in [1.82, 2.24) is 15.5 Å². The van der Waals surface area contributed by atoms with E-state index < -0.39 is 0 Å². The lowest BCUT2D eigenvalue weighted by atomic mass is 10.2. The van der Waals surface area contributed by atoms with Gasteiger partial charge in [-0.25, -0.2) is 0 Å². The van der Waals surface area contributed by atoms with E-state index in [1.165, 1.54) is 29.0 Å². The second-order valence-corrected chi connectivity index (χ2v) is 8.42. The zero-order valence-corrected chi connectivity index (χ0v) is 19.3. The first-order valence-electron chi connectivity index (χ1n) is 9.56. The van der Waals surface area contributed by atoms with Crippen LogP contribution in [-0.4, -0.2) is 56.8 Å². The lowest BCUT2D eigenvalue weighted by Crippen LogP contribution is -2.46. The highest BCUT2D eigenvalue weighted by molar-refractivity contribution is 14.0. The van der Waals surface area contributed by atoms with Gasteiger partial charge in [0, 0.05) is 42.5 Å². The predicted molar refractivity (Wildman–Crippen MR) is 121 cm³/mol. The van der Waals surface area contributed by atoms with Crippen LogP contribution in [0.15, 0.2) is 17.1 Å². The van der Waals surface area contributed by atoms with Crippen molar-refractivity contribution in [2.75, 3.05) is 39.9 Å². The molecule has 1 aliphatic carbocycles. The van der Waals surface area contributed by atoms with Crippen LogP contribution in [0.3, 0.4) is 0 Å². The molecular weight excluding hydrogens is 459 g/mol. The summed E-state index contributed by atoms with van der Waals surface area (Å²) in [6, 6.07) is 5.49. The molecule has 1 saturated heterocycles. The smallest absolute Gasteiger partial charge is 0.191 e. The van der Waals surface area contributed by atoms with Crippen LogP contribution >= 0.6 is 35.3 Å². The highest BCUT2D eigenvalue weighted by Crippen LogP contribution is 2.34. The Kier molecular flexibility index (Phi) is 9.12. The van der Waals surface area contributed by atoms with Crippen LogP contribution in [0.4, 0.5) is 0 Å². The molecule has 3 unspecified atom stereocenters. The number of morpholine rings is 1. The predicted octanol–water partition coefficient (Wildman–Crippen LogP) is 3.40. The molecule has 1 aliphatic heterocycles. The molecule has 1 aromatic heterocycles. The maximum atomic E-state index is 5.54. The molecular formula is C19H33IN4OS. The largest absolute Gasteiger partial charge is 0.379 e. The molecule has 0 aromatic carbocycles. The molecule has 2 N–H and O–H groups in total. The maximum Gasteiger partial charge on any atom is 0.191 e. The van der Waals surface area contributed by atoms with Gasteiger partial charge in [-0.3, -0.25) is 9.89 Å². The number of guanidine groups is 1. The Morgan fingerprint density at radius 1 is 1.38 bits per heavy atom. The number of thiophene rings is 1. The van der Waals surface area contributed by atoms with Gasteiger partial charge in [-0.2, -0.15) is 0 Å². The third-order valence-corrected chi connectivity index (χ3v) is 6.27. The Labute approximate surface area is 179 Å². The number of aliphatic imine (C=N–C) groups is 1. The average molecular weight is 492 g/mol. The number of hydrogen-bond donors (Lipinski definition) is 2. The van der Waals surface area contributed by atoms with E-state index in [2.05, 4.69) is 46.5 Å². The first-order chi connectivity index (χ1) is 12.2. The first-order valence-corrected chi connectivity index (χ1v) is 10.4. The van der Waals surface area contributed by atoms with Gasteiger partial charge in [0.25, 0.3) is 0 Å². The number of rotatable bonds is 7. The monoisotopic (exact) mass is 492 g/mol. The Morgan fingerprint density at radius 2 is 2.15 bits per heavy atom. The van der Waals surface area contributed by atoms with Gasteiger partial charge in [0.1, 0.15) is 0 Å². The molecule has 0 amide bonds. The molecule has 1 saturated carbocycles. The van der Waals surface area contributed by atoms with Gasteiger partial charge in [0.05, 0.1) is 19.3 Å². The summed E-state index contributed by atoms with van der Waals surface area (Å²) in [7, 11) is 1.87. The zero-order valence-electron chi connectivity index (χ0n) is 16.2. The van der Waals surface area contributed by atoms with E-state index in [-0.39, 0.29) is 24.0 Å². The molecule has 1 aromatic rings. The van der Waals surface area contributed by atoms with E-state index in [4.69, 9.17) is 4.74 Å². The van der Waals surface area contributed by atoms with Crippen LogP contribution in [-0.2, 0) is 4.74 Å². The van der Waals surface area contributed by atoms with E-state index in [9.17, 15) is 0 Å². The highest BCUT2D eigenvalue weighted by atomic mass is 127. The third kappa shape index (κ3) is 6.07. The van der Waals surface area contributed by atoms with Gasteiger partial charge in [-0.05, 0) is 37.8 Å². The molecule has 5 nitrogen and oxygen atoms in total. The van der Waals surface area contributed by atoms with Crippen LogP contribution < -0.4 is 10.6 Å². The minimum Gasteiger partial charge on any atom is -0.379 e. The number of halogens is 1. The van der Waals surface area contributed by atoms with Crippen LogP contribution in [0.25, 0.3) is 0 Å². The number of ether oxygens (including phenoxy) is 1. The van der Waals surface area contributed by atoms with Crippen molar-refractivity contribution < 1.29 is 4.74 Å². The number of nitrogens with zero attached hydrogens (tertiary/aromatic N) is 2. The van der Waals surface area contributed by atoms with Crippen LogP contribution in [0.1, 0.15) is 42.0 Å². The highest BCUT2D eigenvalue weighted by Gasteiger charge is 2.36. The standard InChI is InChI=1S/C19H32N4OS.HI/c1-4-5-15-12-16(15)22-19(20-3)21-13-17(18-7-6-14(2)25-18)23-8-10-24-11-9-23;/h6-7,15-17H,4-5,8-13H2,1-3H3,(H2,20,21,22);1H. The van der Waals surface area contributed by atoms with Crippen LogP contribution in [0.2, 0.25) is 0 Å². The Balaban J connectivity index is 0.00000243. The van der Waals surface area contributed by atoms with Crippen LogP contribution in [0, 0.1) is 12.8 Å². The topological polar surface area (TPSA) is 48.9 Å². The molecule has 2 aliphatic rings. The summed E-state index contributed by atoms with van der Waals surface area (Å²) in [5.74, 6) is 1.77. The fraction of sp³-hybridized carbons (Fsp3) is 0.737. The normalized spacial score (nSPS) is 24.7. The minimum atomic E-state index is 0. The zero-order chi connectivity index (χ0) is 17.6. The number of nitrogens with one attached hydrogen (secondary N) is 2. The van der Waals surface area contributed by atoms with Crippen molar-refractivity contribution in [1.29, 1.82) is 0 Å². The van der Waals surface area contributed by atoms with Gasteiger partial charge < -0.3 is 15.4 Å². The van der Waals surface area contributed by atoms with Gasteiger partial charge in [-0.15, -0.1) is 35.3 Å². The molecule has 26 heavy (non-hydrogen) atoms. The molecule has 148 valence electrons. The van der Waals surface area contributed by atoms with Gasteiger partial charge in [0.2, 0.25) is 0 Å². The Hall–Kier alpha value is -0.380. The van der Waals surface area contributed by atoms with E-state index in [0.717, 1.165) is 44.7 Å². The second kappa shape index (κ2) is 10.8. The van der Waals surface area contributed by atoms with E-state index >= 15 is 0 Å². The molecule has 7 heteroatoms. The van der Waals surface area contributed by atoms with Gasteiger partial charge >= 0.3 is 0 Å². The molecule has 0 spiro atoms. The molecule has 3 rings (SSSR count). The van der Waals surface area contributed by atoms with Crippen molar-refractivity contribution in [3.63, 3.8) is 0 Å². The van der Waals surface area contributed by atoms with Gasteiger partial charge in [-0.1, -0.05) is 13.3 Å². The average Bonchev–Trinajstić information content (AvgIpc) is 3.22. The van der Waals surface area contributed by atoms with Crippen molar-refractivity contribution in [3.05, 3.63) is 21.9 Å². The van der Waals surface area contributed by atoms with Crippen molar-refractivity contribution in [3.8, 4) is 0 Å². The summed E-state index contributed by atoms with van der Waals surface area (Å²) in [6.45, 7) is 8.97. The van der Waals surface area contributed by atoms with Crippen molar-refractivity contribution in [2.45, 2.75) is 45.2 Å². The first kappa shape index (κ1) is 21.9. The summed E-state index contributed by atoms with van der Waals surface area (Å²) in [5.41, 5.74) is 0. The van der Waals surface area contributed by atoms with E-state index in [1.54, 1.807) is 0 Å². The molecule has 3 atom stereocenters. The molecule has 0 bridgehead atoms. The quantitative estimate of drug-likeness (QED) is 0.348. The third-order valence-electron chi connectivity index (χ3n) is 5.17. The van der Waals surface area contributed by atoms with Crippen molar-refractivity contribution >= 4 is 41.3 Å². The Bertz CT molecular complexity index is 574. The number of aryl methyl sites for hydroxylation is 1. The fourth-order valence-electron chi connectivity index (χ4n) is 3.61. The summed E-state index contributed by atoms with van der Waals surface area (Å²) in [4.78, 5) is 9.77. The SMILES string of the molecule is CCCC1CC1NC(=NC)NCC(c1ccc(C)s1)N1CCOCC1.I. The lowest BCUT2D eigenvalue weighted by molar-refractivity contribution is 0.0177. The molecule has 0 radical (unpaired) electrons. The Morgan fingerprint density at radius 3 is 2.77 bits per heavy atom. The van der Waals surface area contributed by atoms with Crippen molar-refractivity contribution in [2.24, 2.45) is 10.9 Å². The van der Waals surface area contributed by atoms with Gasteiger partial charge in [0.15, 0.2) is 5.96 Å². The summed E-state index contributed by atoms with van der Waals surface area (Å²) < 4.78 is 5.54. The summed E-state index contributed by atoms with van der Waals surface area (Å²) in [5, 5.41) is 7.16. The fourth-order valence-corrected chi connectivity index (χ4v) is 4.62. The maximum absolute atomic E-state index is 5.54. The molecule has 2 heterocycles. The summed E-state index contributed by atoms with van der Waals surface area (Å²) in [6.07, 6.45) is 3.87. The minimum absolute atomic E-state index is 0. The molecule has 2 fully saturated rings. The summed E-state index contributed by atoms with van der Waals surface area (Å²) >= 11 is 1.90. The lowest BCUT2D eigenvalue weighted by Gasteiger charge is -2.34. The van der Waals surface area contributed by atoms with Crippen LogP contribution in [0.5, 0.6) is 0 Å². The second-order valence-electron chi connectivity index (χ2n) is 7.10.